The minimum Gasteiger partial charge on any atom is -0.343 e. The highest BCUT2D eigenvalue weighted by atomic mass is 32.1. The van der Waals surface area contributed by atoms with E-state index in [-0.39, 0.29) is 43.3 Å². The predicted octanol–water partition coefficient (Wildman–Crippen LogP) is 3.63. The van der Waals surface area contributed by atoms with Crippen molar-refractivity contribution in [3.8, 4) is 17.2 Å². The number of Topliss-reactive ketones (excluding diaryl/α,β-unsaturated/α-hetero) is 1. The average molecular weight is 381 g/mol. The molecule has 0 radical (unpaired) electrons. The Kier molecular flexibility index (Phi) is 5.89. The van der Waals surface area contributed by atoms with Gasteiger partial charge in [0, 0.05) is 12.8 Å². The Bertz CT molecular complexity index is 1040. The van der Waals surface area contributed by atoms with Crippen molar-refractivity contribution in [3.05, 3.63) is 53.3 Å². The monoisotopic (exact) mass is 381 g/mol. The van der Waals surface area contributed by atoms with Crippen molar-refractivity contribution < 1.29 is 14.0 Å². The van der Waals surface area contributed by atoms with Crippen molar-refractivity contribution >= 4 is 33.2 Å². The second-order valence-electron chi connectivity index (χ2n) is 5.95. The minimum absolute atomic E-state index is 0.0570. The number of hydrogen-bond acceptors (Lipinski definition) is 5. The highest BCUT2D eigenvalue weighted by Gasteiger charge is 2.12. The first kappa shape index (κ1) is 18.7. The van der Waals surface area contributed by atoms with Crippen molar-refractivity contribution in [2.24, 2.45) is 0 Å². The lowest BCUT2D eigenvalue weighted by atomic mass is 10.1. The summed E-state index contributed by atoms with van der Waals surface area (Å²) in [5.74, 6) is -0.678. The molecule has 0 spiro atoms. The van der Waals surface area contributed by atoms with Crippen LogP contribution in [0.3, 0.4) is 0 Å². The maximum absolute atomic E-state index is 13.4. The first-order valence-corrected chi connectivity index (χ1v) is 9.17. The van der Waals surface area contributed by atoms with Crippen molar-refractivity contribution in [2.75, 3.05) is 6.54 Å². The fraction of sp³-hybridized carbons (Fsp3) is 0.200. The van der Waals surface area contributed by atoms with E-state index in [1.54, 1.807) is 6.07 Å². The lowest BCUT2D eigenvalue weighted by Gasteiger charge is -2.01. The number of nitrogens with zero attached hydrogens (tertiary/aromatic N) is 2. The Labute approximate surface area is 159 Å². The van der Waals surface area contributed by atoms with Gasteiger partial charge in [-0.05, 0) is 35.4 Å². The zero-order chi connectivity index (χ0) is 19.2. The number of amides is 1. The molecule has 0 saturated heterocycles. The van der Waals surface area contributed by atoms with E-state index in [1.807, 2.05) is 30.3 Å². The Morgan fingerprint density at radius 1 is 1.15 bits per heavy atom. The van der Waals surface area contributed by atoms with Gasteiger partial charge in [-0.2, -0.15) is 5.26 Å². The number of fused-ring (bicyclic) bond motifs is 1. The van der Waals surface area contributed by atoms with E-state index in [0.29, 0.717) is 5.01 Å². The normalized spacial score (nSPS) is 10.5. The molecule has 7 heteroatoms. The van der Waals surface area contributed by atoms with Gasteiger partial charge in [-0.1, -0.05) is 18.2 Å². The van der Waals surface area contributed by atoms with Crippen LogP contribution in [0.2, 0.25) is 0 Å². The third-order valence-electron chi connectivity index (χ3n) is 3.93. The molecule has 1 aromatic heterocycles. The van der Waals surface area contributed by atoms with E-state index in [0.717, 1.165) is 21.3 Å². The molecule has 0 aliphatic carbocycles. The van der Waals surface area contributed by atoms with Crippen LogP contribution in [0.1, 0.15) is 17.8 Å². The van der Waals surface area contributed by atoms with Crippen molar-refractivity contribution in [1.29, 1.82) is 5.26 Å². The van der Waals surface area contributed by atoms with E-state index in [2.05, 4.69) is 10.3 Å². The van der Waals surface area contributed by atoms with Crippen LogP contribution in [0.15, 0.2) is 42.5 Å². The van der Waals surface area contributed by atoms with Crippen LogP contribution in [0.4, 0.5) is 4.39 Å². The molecular weight excluding hydrogens is 365 g/mol. The predicted molar refractivity (Wildman–Crippen MR) is 102 cm³/mol. The van der Waals surface area contributed by atoms with E-state index in [9.17, 15) is 14.0 Å². The second kappa shape index (κ2) is 8.52. The number of carbonyl (C=O) groups is 2. The number of thiazole rings is 1. The maximum atomic E-state index is 13.4. The molecule has 2 aromatic carbocycles. The summed E-state index contributed by atoms with van der Waals surface area (Å²) in [4.78, 5) is 28.0. The van der Waals surface area contributed by atoms with Crippen molar-refractivity contribution in [2.45, 2.75) is 19.3 Å². The van der Waals surface area contributed by atoms with Crippen molar-refractivity contribution in [3.63, 3.8) is 0 Å². The molecule has 0 bridgehead atoms. The molecule has 1 N–H and O–H groups in total. The van der Waals surface area contributed by atoms with Gasteiger partial charge >= 0.3 is 0 Å². The highest BCUT2D eigenvalue weighted by molar-refractivity contribution is 7.18. The number of halogens is 1. The number of rotatable bonds is 7. The van der Waals surface area contributed by atoms with Gasteiger partial charge in [0.15, 0.2) is 0 Å². The molecule has 0 unspecified atom stereocenters. The van der Waals surface area contributed by atoms with E-state index in [4.69, 9.17) is 5.26 Å². The lowest BCUT2D eigenvalue weighted by Crippen LogP contribution is -2.24. The molecule has 1 heterocycles. The summed E-state index contributed by atoms with van der Waals surface area (Å²) in [6.07, 6.45) is 0.344. The molecule has 27 heavy (non-hydrogen) atoms. The first-order chi connectivity index (χ1) is 13.0. The van der Waals surface area contributed by atoms with Crippen LogP contribution in [0.25, 0.3) is 21.3 Å². The molecule has 0 saturated carbocycles. The van der Waals surface area contributed by atoms with E-state index in [1.165, 1.54) is 23.5 Å². The Hall–Kier alpha value is -3.11. The van der Waals surface area contributed by atoms with Crippen LogP contribution < -0.4 is 5.32 Å². The molecule has 136 valence electrons. The SMILES string of the molecule is N#CCNC(=O)CCC(=O)Cc1nc2ccc(-c3cccc(F)c3)cc2s1. The summed E-state index contributed by atoms with van der Waals surface area (Å²) in [7, 11) is 0. The molecule has 3 aromatic rings. The third-order valence-corrected chi connectivity index (χ3v) is 4.95. The van der Waals surface area contributed by atoms with Gasteiger partial charge in [-0.15, -0.1) is 11.3 Å². The van der Waals surface area contributed by atoms with Crippen LogP contribution in [0.5, 0.6) is 0 Å². The quantitative estimate of drug-likeness (QED) is 0.634. The number of nitrogens with one attached hydrogen (secondary N) is 1. The van der Waals surface area contributed by atoms with Gasteiger partial charge in [0.2, 0.25) is 5.91 Å². The number of ketones is 1. The van der Waals surface area contributed by atoms with Crippen LogP contribution in [-0.2, 0) is 16.0 Å². The van der Waals surface area contributed by atoms with Crippen LogP contribution in [-0.4, -0.2) is 23.2 Å². The zero-order valence-electron chi connectivity index (χ0n) is 14.4. The smallest absolute Gasteiger partial charge is 0.221 e. The molecule has 0 fully saturated rings. The topological polar surface area (TPSA) is 82.9 Å². The number of aromatic nitrogens is 1. The van der Waals surface area contributed by atoms with Gasteiger partial charge in [0.25, 0.3) is 0 Å². The van der Waals surface area contributed by atoms with Crippen molar-refractivity contribution in [1.82, 2.24) is 10.3 Å². The number of benzene rings is 2. The summed E-state index contributed by atoms with van der Waals surface area (Å²) in [6, 6.07) is 13.9. The van der Waals surface area contributed by atoms with Gasteiger partial charge in [-0.25, -0.2) is 9.37 Å². The van der Waals surface area contributed by atoms with E-state index >= 15 is 0 Å². The summed E-state index contributed by atoms with van der Waals surface area (Å²) < 4.78 is 14.3. The molecular formula is C20H16FN3O2S. The Balaban J connectivity index is 1.67. The van der Waals surface area contributed by atoms with Gasteiger partial charge < -0.3 is 5.32 Å². The Morgan fingerprint density at radius 3 is 2.74 bits per heavy atom. The average Bonchev–Trinajstić information content (AvgIpc) is 3.06. The van der Waals surface area contributed by atoms with Gasteiger partial charge in [0.1, 0.15) is 23.2 Å². The molecule has 5 nitrogen and oxygen atoms in total. The second-order valence-corrected chi connectivity index (χ2v) is 7.07. The number of carbonyl (C=O) groups excluding carboxylic acids is 2. The summed E-state index contributed by atoms with van der Waals surface area (Å²) >= 11 is 1.42. The summed E-state index contributed by atoms with van der Waals surface area (Å²) in [6.45, 7) is -0.0570. The number of hydrogen-bond donors (Lipinski definition) is 1. The fourth-order valence-electron chi connectivity index (χ4n) is 2.63. The number of nitriles is 1. The summed E-state index contributed by atoms with van der Waals surface area (Å²) in [5.41, 5.74) is 2.46. The van der Waals surface area contributed by atoms with Gasteiger partial charge in [0.05, 0.1) is 22.7 Å². The molecule has 0 aliphatic heterocycles. The molecule has 3 rings (SSSR count). The van der Waals surface area contributed by atoms with Crippen LogP contribution >= 0.6 is 11.3 Å². The minimum atomic E-state index is -0.311. The Morgan fingerprint density at radius 2 is 1.96 bits per heavy atom. The largest absolute Gasteiger partial charge is 0.343 e. The fourth-order valence-corrected chi connectivity index (χ4v) is 3.67. The van der Waals surface area contributed by atoms with E-state index < -0.39 is 0 Å². The lowest BCUT2D eigenvalue weighted by molar-refractivity contribution is -0.125. The maximum Gasteiger partial charge on any atom is 0.221 e. The zero-order valence-corrected chi connectivity index (χ0v) is 15.2. The van der Waals surface area contributed by atoms with Crippen LogP contribution in [0, 0.1) is 17.1 Å². The summed E-state index contributed by atoms with van der Waals surface area (Å²) in [5, 5.41) is 11.5. The molecule has 0 aliphatic rings. The van der Waals surface area contributed by atoms with Gasteiger partial charge in [-0.3, -0.25) is 9.59 Å². The molecule has 0 atom stereocenters. The third kappa shape index (κ3) is 4.96. The first-order valence-electron chi connectivity index (χ1n) is 8.36. The highest BCUT2D eigenvalue weighted by Crippen LogP contribution is 2.29. The standard InChI is InChI=1S/C20H16FN3O2S/c21-15-3-1-2-13(10-15)14-4-6-17-18(11-14)27-20(24-17)12-16(25)5-7-19(26)23-9-8-22/h1-4,6,10-11H,5,7,9,12H2,(H,23,26). The molecule has 1 amide bonds.